The molecule has 238 valence electrons. The number of benzene rings is 1. The van der Waals surface area contributed by atoms with E-state index in [1.165, 1.54) is 60.7 Å². The van der Waals surface area contributed by atoms with Crippen LogP contribution in [0.15, 0.2) is 51.8 Å². The Labute approximate surface area is 274 Å². The number of carbonyl (C=O) groups is 1. The minimum Gasteiger partial charge on any atom is -0.393 e. The summed E-state index contributed by atoms with van der Waals surface area (Å²) < 4.78 is 3.16. The number of thiazole rings is 1. The number of fused-ring (bicyclic) bond motifs is 6. The molecule has 0 saturated heterocycles. The predicted octanol–water partition coefficient (Wildman–Crippen LogP) is 7.76. The lowest BCUT2D eigenvalue weighted by Crippen LogP contribution is -2.62. The van der Waals surface area contributed by atoms with Crippen molar-refractivity contribution >= 4 is 35.0 Å². The van der Waals surface area contributed by atoms with Gasteiger partial charge in [0.15, 0.2) is 10.1 Å². The molecule has 0 spiro atoms. The minimum absolute atomic E-state index is 0.111. The molecule has 6 nitrogen and oxygen atoms in total. The summed E-state index contributed by atoms with van der Waals surface area (Å²) in [4.78, 5) is 18.7. The van der Waals surface area contributed by atoms with Crippen LogP contribution < -0.4 is 0 Å². The molecule has 0 radical (unpaired) electrons. The SMILES string of the molecule is CC12Cc3cnn(C4CCCCC4)c3C=C1CCC1C2C(O)CC2(C)C1CC[C@]2(O)C(=O)CSc1nc(-c2ccccc2)cs1. The Morgan fingerprint density at radius 2 is 1.91 bits per heavy atom. The van der Waals surface area contributed by atoms with Gasteiger partial charge in [0.25, 0.3) is 0 Å². The Kier molecular flexibility index (Phi) is 7.47. The van der Waals surface area contributed by atoms with Crippen molar-refractivity contribution in [3.05, 3.63) is 58.7 Å². The third kappa shape index (κ3) is 4.68. The average molecular weight is 644 g/mol. The van der Waals surface area contributed by atoms with Gasteiger partial charge in [0.2, 0.25) is 0 Å². The van der Waals surface area contributed by atoms with Gasteiger partial charge < -0.3 is 10.2 Å². The molecule has 5 aliphatic carbocycles. The van der Waals surface area contributed by atoms with Crippen molar-refractivity contribution in [1.29, 1.82) is 0 Å². The molecule has 8 rings (SSSR count). The maximum absolute atomic E-state index is 13.9. The zero-order chi connectivity index (χ0) is 31.0. The fraction of sp³-hybridized carbons (Fsp3) is 0.595. The third-order valence-corrected chi connectivity index (χ3v) is 14.9. The molecule has 4 saturated carbocycles. The summed E-state index contributed by atoms with van der Waals surface area (Å²) in [5.74, 6) is 0.722. The Hall–Kier alpha value is -2.26. The standard InChI is InChI=1S/C37H45N3O3S2/c1-35-18-24-20-38-40(26-11-7-4-8-12-26)30(24)17-25(35)13-14-27-28-15-16-37(43,36(28,2)19-31(41)33(27)35)32(42)22-45-34-39-29(21-44-34)23-9-5-3-6-10-23/h3,5-6,9-10,17,20-21,26-28,31,33,41,43H,4,7-8,11-16,18-19,22H2,1-2H3/t27?,28?,31?,33?,35?,36?,37-/m0/s1. The van der Waals surface area contributed by atoms with Crippen molar-refractivity contribution in [2.45, 2.75) is 107 Å². The number of rotatable bonds is 6. The summed E-state index contributed by atoms with van der Waals surface area (Å²) in [5.41, 5.74) is 3.89. The monoisotopic (exact) mass is 643 g/mol. The number of Topliss-reactive ketones (excluding diaryl/α,β-unsaturated/α-hetero) is 1. The Morgan fingerprint density at radius 1 is 1.11 bits per heavy atom. The molecule has 0 aliphatic heterocycles. The molecular weight excluding hydrogens is 599 g/mol. The molecule has 7 atom stereocenters. The van der Waals surface area contributed by atoms with E-state index < -0.39 is 17.1 Å². The number of hydrogen-bond donors (Lipinski definition) is 2. The minimum atomic E-state index is -1.42. The highest BCUT2D eigenvalue weighted by atomic mass is 32.2. The van der Waals surface area contributed by atoms with Gasteiger partial charge in [-0.1, -0.05) is 80.8 Å². The number of nitrogens with zero attached hydrogens (tertiary/aromatic N) is 3. The van der Waals surface area contributed by atoms with Crippen LogP contribution in [0.25, 0.3) is 17.3 Å². The molecule has 0 bridgehead atoms. The summed E-state index contributed by atoms with van der Waals surface area (Å²) in [7, 11) is 0. The number of carbonyl (C=O) groups excluding carboxylic acids is 1. The highest BCUT2D eigenvalue weighted by molar-refractivity contribution is 8.01. The zero-order valence-corrected chi connectivity index (χ0v) is 28.1. The van der Waals surface area contributed by atoms with Crippen LogP contribution in [0.5, 0.6) is 0 Å². The van der Waals surface area contributed by atoms with Crippen molar-refractivity contribution in [2.75, 3.05) is 5.75 Å². The van der Waals surface area contributed by atoms with Crippen LogP contribution in [0.2, 0.25) is 0 Å². The van der Waals surface area contributed by atoms with Crippen molar-refractivity contribution in [3.63, 3.8) is 0 Å². The molecule has 8 heteroatoms. The maximum Gasteiger partial charge on any atom is 0.175 e. The van der Waals surface area contributed by atoms with E-state index in [-0.39, 0.29) is 34.7 Å². The second-order valence-corrected chi connectivity index (χ2v) is 17.1. The topological polar surface area (TPSA) is 88.2 Å². The number of aliphatic hydroxyl groups excluding tert-OH is 1. The van der Waals surface area contributed by atoms with Crippen LogP contribution in [0.3, 0.4) is 0 Å². The number of hydrogen-bond acceptors (Lipinski definition) is 7. The van der Waals surface area contributed by atoms with Gasteiger partial charge in [-0.2, -0.15) is 5.10 Å². The molecule has 2 N–H and O–H groups in total. The number of ketones is 1. The Balaban J connectivity index is 1.01. The summed E-state index contributed by atoms with van der Waals surface area (Å²) in [6, 6.07) is 10.6. The van der Waals surface area contributed by atoms with E-state index in [1.807, 2.05) is 35.7 Å². The predicted molar refractivity (Wildman–Crippen MR) is 180 cm³/mol. The molecule has 5 aliphatic rings. The number of allylic oxidation sites excluding steroid dienone is 1. The van der Waals surface area contributed by atoms with Crippen LogP contribution >= 0.6 is 23.1 Å². The van der Waals surface area contributed by atoms with Crippen molar-refractivity contribution in [1.82, 2.24) is 14.8 Å². The summed E-state index contributed by atoms with van der Waals surface area (Å²) in [6.07, 6.45) is 15.1. The molecule has 45 heavy (non-hydrogen) atoms. The average Bonchev–Trinajstić information content (AvgIpc) is 3.75. The van der Waals surface area contributed by atoms with E-state index in [2.05, 4.69) is 30.8 Å². The number of aliphatic hydroxyl groups is 2. The normalized spacial score (nSPS) is 36.0. The van der Waals surface area contributed by atoms with Crippen LogP contribution in [0.4, 0.5) is 0 Å². The van der Waals surface area contributed by atoms with Gasteiger partial charge in [0, 0.05) is 16.4 Å². The van der Waals surface area contributed by atoms with E-state index in [0.717, 1.165) is 41.3 Å². The fourth-order valence-electron chi connectivity index (χ4n) is 10.6. The molecule has 4 fully saturated rings. The summed E-state index contributed by atoms with van der Waals surface area (Å²) in [5, 5.41) is 31.2. The quantitative estimate of drug-likeness (QED) is 0.267. The summed E-state index contributed by atoms with van der Waals surface area (Å²) >= 11 is 2.98. The largest absolute Gasteiger partial charge is 0.393 e. The van der Waals surface area contributed by atoms with Crippen molar-refractivity contribution in [2.24, 2.45) is 28.6 Å². The first-order valence-corrected chi connectivity index (χ1v) is 18.9. The maximum atomic E-state index is 13.9. The second-order valence-electron chi connectivity index (χ2n) is 15.1. The Bertz CT molecular complexity index is 1630. The first kappa shape index (κ1) is 30.1. The van der Waals surface area contributed by atoms with Gasteiger partial charge in [0.1, 0.15) is 5.60 Å². The zero-order valence-electron chi connectivity index (χ0n) is 26.5. The summed E-state index contributed by atoms with van der Waals surface area (Å²) in [6.45, 7) is 4.48. The highest BCUT2D eigenvalue weighted by Gasteiger charge is 2.68. The number of aromatic nitrogens is 3. The van der Waals surface area contributed by atoms with Crippen LogP contribution in [0, 0.1) is 28.6 Å². The van der Waals surface area contributed by atoms with Gasteiger partial charge >= 0.3 is 0 Å². The number of thioether (sulfide) groups is 1. The van der Waals surface area contributed by atoms with Crippen LogP contribution in [-0.2, 0) is 11.2 Å². The van der Waals surface area contributed by atoms with Crippen LogP contribution in [-0.4, -0.2) is 48.2 Å². The molecule has 0 amide bonds. The lowest BCUT2D eigenvalue weighted by molar-refractivity contribution is -0.177. The third-order valence-electron chi connectivity index (χ3n) is 12.9. The lowest BCUT2D eigenvalue weighted by Gasteiger charge is -2.60. The van der Waals surface area contributed by atoms with E-state index in [4.69, 9.17) is 10.1 Å². The van der Waals surface area contributed by atoms with Crippen molar-refractivity contribution < 1.29 is 15.0 Å². The smallest absolute Gasteiger partial charge is 0.175 e. The van der Waals surface area contributed by atoms with Gasteiger partial charge in [-0.05, 0) is 86.2 Å². The van der Waals surface area contributed by atoms with E-state index in [0.29, 0.717) is 18.9 Å². The fourth-order valence-corrected chi connectivity index (χ4v) is 12.4. The molecule has 3 aromatic rings. The van der Waals surface area contributed by atoms with E-state index in [1.54, 1.807) is 11.3 Å². The van der Waals surface area contributed by atoms with E-state index >= 15 is 0 Å². The van der Waals surface area contributed by atoms with Crippen LogP contribution in [0.1, 0.15) is 95.4 Å². The van der Waals surface area contributed by atoms with Gasteiger partial charge in [-0.15, -0.1) is 11.3 Å². The second kappa shape index (κ2) is 11.2. The molecule has 2 aromatic heterocycles. The van der Waals surface area contributed by atoms with Gasteiger partial charge in [-0.25, -0.2) is 4.98 Å². The lowest BCUT2D eigenvalue weighted by atomic mass is 9.45. The molecule has 2 heterocycles. The molecular formula is C37H45N3O3S2. The first-order valence-electron chi connectivity index (χ1n) is 17.1. The van der Waals surface area contributed by atoms with Gasteiger partial charge in [0.05, 0.1) is 35.5 Å². The Morgan fingerprint density at radius 3 is 2.71 bits per heavy atom. The molecule has 6 unspecified atom stereocenters. The van der Waals surface area contributed by atoms with Gasteiger partial charge in [-0.3, -0.25) is 9.48 Å². The highest BCUT2D eigenvalue weighted by Crippen LogP contribution is 2.67. The molecule has 1 aromatic carbocycles. The van der Waals surface area contributed by atoms with Crippen molar-refractivity contribution in [3.8, 4) is 11.3 Å². The van der Waals surface area contributed by atoms with E-state index in [9.17, 15) is 15.0 Å². The first-order chi connectivity index (χ1) is 21.7.